The van der Waals surface area contributed by atoms with Crippen molar-refractivity contribution in [2.24, 2.45) is 11.7 Å². The maximum Gasteiger partial charge on any atom is 0.122 e. The molecule has 1 aliphatic rings. The standard InChI is InChI=1S/C14H21N3O/c1-10(18)11-6-8-17(9-7-11)13-4-2-12(3-5-13)14(15)16/h2-5,10-11,18H,6-9H2,1H3,(H3,15,16). The van der Waals surface area contributed by atoms with Gasteiger partial charge in [-0.25, -0.2) is 0 Å². The summed E-state index contributed by atoms with van der Waals surface area (Å²) >= 11 is 0. The Bertz CT molecular complexity index is 406. The Balaban J connectivity index is 1.99. The van der Waals surface area contributed by atoms with Gasteiger partial charge in [0.25, 0.3) is 0 Å². The second-order valence-corrected chi connectivity index (χ2v) is 5.03. The lowest BCUT2D eigenvalue weighted by Gasteiger charge is -2.34. The highest BCUT2D eigenvalue weighted by Gasteiger charge is 2.22. The number of hydrogen-bond acceptors (Lipinski definition) is 3. The topological polar surface area (TPSA) is 73.3 Å². The SMILES string of the molecule is CC(O)C1CCN(c2ccc(C(=N)N)cc2)CC1. The van der Waals surface area contributed by atoms with Gasteiger partial charge in [0.1, 0.15) is 5.84 Å². The van der Waals surface area contributed by atoms with Gasteiger partial charge in [-0.05, 0) is 49.9 Å². The van der Waals surface area contributed by atoms with Crippen molar-refractivity contribution >= 4 is 11.5 Å². The molecule has 0 bridgehead atoms. The highest BCUT2D eigenvalue weighted by molar-refractivity contribution is 5.95. The summed E-state index contributed by atoms with van der Waals surface area (Å²) in [6.07, 6.45) is 1.87. The largest absolute Gasteiger partial charge is 0.393 e. The number of amidine groups is 1. The number of nitrogen functional groups attached to an aromatic ring is 1. The second-order valence-electron chi connectivity index (χ2n) is 5.03. The Morgan fingerprint density at radius 1 is 1.33 bits per heavy atom. The summed E-state index contributed by atoms with van der Waals surface area (Å²) in [5, 5.41) is 16.9. The van der Waals surface area contributed by atoms with Gasteiger partial charge in [-0.2, -0.15) is 0 Å². The van der Waals surface area contributed by atoms with E-state index in [-0.39, 0.29) is 11.9 Å². The Hall–Kier alpha value is -1.55. The highest BCUT2D eigenvalue weighted by Crippen LogP contribution is 2.25. The molecule has 1 atom stereocenters. The average Bonchev–Trinajstić information content (AvgIpc) is 2.39. The second kappa shape index (κ2) is 5.40. The number of rotatable bonds is 3. The van der Waals surface area contributed by atoms with E-state index in [0.717, 1.165) is 31.5 Å². The van der Waals surface area contributed by atoms with Crippen molar-refractivity contribution in [1.82, 2.24) is 0 Å². The zero-order valence-electron chi connectivity index (χ0n) is 10.8. The molecule has 4 N–H and O–H groups in total. The first-order chi connectivity index (χ1) is 8.58. The normalized spacial score (nSPS) is 18.7. The molecule has 0 saturated carbocycles. The molecule has 0 spiro atoms. The maximum atomic E-state index is 9.58. The summed E-state index contributed by atoms with van der Waals surface area (Å²) in [5.41, 5.74) is 7.37. The van der Waals surface area contributed by atoms with Crippen LogP contribution in [0.25, 0.3) is 0 Å². The number of nitrogens with zero attached hydrogens (tertiary/aromatic N) is 1. The fourth-order valence-electron chi connectivity index (χ4n) is 2.49. The van der Waals surface area contributed by atoms with Crippen LogP contribution in [0.2, 0.25) is 0 Å². The zero-order valence-corrected chi connectivity index (χ0v) is 10.8. The summed E-state index contributed by atoms with van der Waals surface area (Å²) in [4.78, 5) is 2.32. The predicted octanol–water partition coefficient (Wildman–Crippen LogP) is 1.57. The van der Waals surface area contributed by atoms with Crippen LogP contribution in [0.1, 0.15) is 25.3 Å². The van der Waals surface area contributed by atoms with Crippen LogP contribution >= 0.6 is 0 Å². The third-order valence-electron chi connectivity index (χ3n) is 3.77. The maximum absolute atomic E-state index is 9.58. The molecule has 0 aromatic heterocycles. The van der Waals surface area contributed by atoms with Crippen molar-refractivity contribution in [3.8, 4) is 0 Å². The molecule has 0 amide bonds. The van der Waals surface area contributed by atoms with Crippen molar-refractivity contribution < 1.29 is 5.11 Å². The number of anilines is 1. The molecule has 1 fully saturated rings. The van der Waals surface area contributed by atoms with Crippen LogP contribution < -0.4 is 10.6 Å². The molecule has 1 aliphatic heterocycles. The van der Waals surface area contributed by atoms with Gasteiger partial charge in [0.05, 0.1) is 6.10 Å². The fourth-order valence-corrected chi connectivity index (χ4v) is 2.49. The summed E-state index contributed by atoms with van der Waals surface area (Å²) in [6, 6.07) is 7.80. The lowest BCUT2D eigenvalue weighted by molar-refractivity contribution is 0.110. The molecule has 1 aromatic rings. The van der Waals surface area contributed by atoms with Crippen LogP contribution in [0.4, 0.5) is 5.69 Å². The van der Waals surface area contributed by atoms with Crippen LogP contribution in [0.15, 0.2) is 24.3 Å². The van der Waals surface area contributed by atoms with E-state index in [1.54, 1.807) is 0 Å². The van der Waals surface area contributed by atoms with E-state index in [1.807, 2.05) is 31.2 Å². The van der Waals surface area contributed by atoms with Gasteiger partial charge in [0.15, 0.2) is 0 Å². The Morgan fingerprint density at radius 3 is 2.33 bits per heavy atom. The van der Waals surface area contributed by atoms with E-state index >= 15 is 0 Å². The number of nitrogens with two attached hydrogens (primary N) is 1. The number of piperidine rings is 1. The molecule has 0 radical (unpaired) electrons. The Labute approximate surface area is 108 Å². The zero-order chi connectivity index (χ0) is 13.1. The van der Waals surface area contributed by atoms with Gasteiger partial charge in [0, 0.05) is 24.3 Å². The van der Waals surface area contributed by atoms with Crippen LogP contribution in [-0.2, 0) is 0 Å². The molecule has 98 valence electrons. The van der Waals surface area contributed by atoms with Crippen LogP contribution in [0.3, 0.4) is 0 Å². The molecule has 18 heavy (non-hydrogen) atoms. The quantitative estimate of drug-likeness (QED) is 0.560. The smallest absolute Gasteiger partial charge is 0.122 e. The molecule has 2 rings (SSSR count). The van der Waals surface area contributed by atoms with Crippen molar-refractivity contribution in [3.63, 3.8) is 0 Å². The van der Waals surface area contributed by atoms with Crippen molar-refractivity contribution in [3.05, 3.63) is 29.8 Å². The fraction of sp³-hybridized carbons (Fsp3) is 0.500. The number of hydrogen-bond donors (Lipinski definition) is 3. The molecule has 0 aliphatic carbocycles. The van der Waals surface area contributed by atoms with E-state index in [4.69, 9.17) is 11.1 Å². The summed E-state index contributed by atoms with van der Waals surface area (Å²) in [6.45, 7) is 3.84. The molecule has 1 unspecified atom stereocenters. The highest BCUT2D eigenvalue weighted by atomic mass is 16.3. The number of benzene rings is 1. The third kappa shape index (κ3) is 2.82. The first-order valence-corrected chi connectivity index (χ1v) is 6.45. The van der Waals surface area contributed by atoms with Crippen LogP contribution in [0.5, 0.6) is 0 Å². The summed E-state index contributed by atoms with van der Waals surface area (Å²) < 4.78 is 0. The molecule has 4 nitrogen and oxygen atoms in total. The van der Waals surface area contributed by atoms with Crippen molar-refractivity contribution in [1.29, 1.82) is 5.41 Å². The van der Waals surface area contributed by atoms with E-state index in [9.17, 15) is 5.11 Å². The van der Waals surface area contributed by atoms with Crippen molar-refractivity contribution in [2.45, 2.75) is 25.9 Å². The lowest BCUT2D eigenvalue weighted by atomic mass is 9.92. The minimum atomic E-state index is -0.202. The van der Waals surface area contributed by atoms with Crippen LogP contribution in [0, 0.1) is 11.3 Å². The molecule has 1 saturated heterocycles. The van der Waals surface area contributed by atoms with Crippen molar-refractivity contribution in [2.75, 3.05) is 18.0 Å². The van der Waals surface area contributed by atoms with Gasteiger partial charge in [0.2, 0.25) is 0 Å². The lowest BCUT2D eigenvalue weighted by Crippen LogP contribution is -2.37. The first kappa shape index (κ1) is 12.9. The van der Waals surface area contributed by atoms with Gasteiger partial charge in [-0.15, -0.1) is 0 Å². The summed E-state index contributed by atoms with van der Waals surface area (Å²) in [5.74, 6) is 0.534. The van der Waals surface area contributed by atoms with Gasteiger partial charge in [-0.3, -0.25) is 5.41 Å². The number of aliphatic hydroxyl groups excluding tert-OH is 1. The van der Waals surface area contributed by atoms with Crippen LogP contribution in [-0.4, -0.2) is 30.1 Å². The molecular formula is C14H21N3O. The predicted molar refractivity (Wildman–Crippen MR) is 74.1 cm³/mol. The van der Waals surface area contributed by atoms with Gasteiger partial charge in [-0.1, -0.05) is 0 Å². The third-order valence-corrected chi connectivity index (χ3v) is 3.77. The molecule has 1 heterocycles. The molecule has 1 aromatic carbocycles. The van der Waals surface area contributed by atoms with E-state index in [2.05, 4.69) is 4.90 Å². The number of aliphatic hydroxyl groups is 1. The van der Waals surface area contributed by atoms with E-state index < -0.39 is 0 Å². The molecule has 4 heteroatoms. The Morgan fingerprint density at radius 2 is 1.89 bits per heavy atom. The molecular weight excluding hydrogens is 226 g/mol. The van der Waals surface area contributed by atoms with E-state index in [0.29, 0.717) is 5.92 Å². The minimum Gasteiger partial charge on any atom is -0.393 e. The number of nitrogens with one attached hydrogen (secondary N) is 1. The Kier molecular flexibility index (Phi) is 3.87. The van der Waals surface area contributed by atoms with Gasteiger partial charge >= 0.3 is 0 Å². The van der Waals surface area contributed by atoms with E-state index in [1.165, 1.54) is 5.69 Å². The minimum absolute atomic E-state index is 0.106. The van der Waals surface area contributed by atoms with Gasteiger partial charge < -0.3 is 15.7 Å². The monoisotopic (exact) mass is 247 g/mol. The first-order valence-electron chi connectivity index (χ1n) is 6.45. The average molecular weight is 247 g/mol. The summed E-state index contributed by atoms with van der Waals surface area (Å²) in [7, 11) is 0.